The van der Waals surface area contributed by atoms with Gasteiger partial charge in [-0.05, 0) is 44.7 Å². The van der Waals surface area contributed by atoms with Gasteiger partial charge < -0.3 is 10.2 Å². The van der Waals surface area contributed by atoms with E-state index in [1.54, 1.807) is 18.2 Å². The van der Waals surface area contributed by atoms with E-state index in [0.717, 1.165) is 13.1 Å². The summed E-state index contributed by atoms with van der Waals surface area (Å²) in [7, 11) is 0. The van der Waals surface area contributed by atoms with E-state index in [9.17, 15) is 4.79 Å². The van der Waals surface area contributed by atoms with Crippen LogP contribution in [-0.2, 0) is 4.79 Å². The van der Waals surface area contributed by atoms with E-state index in [1.807, 2.05) is 6.92 Å². The van der Waals surface area contributed by atoms with E-state index >= 15 is 0 Å². The number of amides is 1. The summed E-state index contributed by atoms with van der Waals surface area (Å²) < 4.78 is 0. The Bertz CT molecular complexity index is 451. The molecule has 110 valence electrons. The highest BCUT2D eigenvalue weighted by atomic mass is 35.5. The van der Waals surface area contributed by atoms with Crippen molar-refractivity contribution >= 4 is 34.8 Å². The van der Waals surface area contributed by atoms with Gasteiger partial charge >= 0.3 is 0 Å². The first-order valence-corrected chi connectivity index (χ1v) is 7.94. The SMILES string of the molecule is C[C@@H](C(=O)Nc1c(Cl)cccc1Cl)[NH+]1CCCCCC1. The van der Waals surface area contributed by atoms with Crippen LogP contribution < -0.4 is 10.2 Å². The van der Waals surface area contributed by atoms with Gasteiger partial charge in [0.15, 0.2) is 6.04 Å². The van der Waals surface area contributed by atoms with Crippen LogP contribution in [0.25, 0.3) is 0 Å². The van der Waals surface area contributed by atoms with Gasteiger partial charge in [-0.3, -0.25) is 4.79 Å². The molecule has 0 unspecified atom stereocenters. The highest BCUT2D eigenvalue weighted by Gasteiger charge is 2.26. The Hall–Kier alpha value is -0.770. The zero-order valence-corrected chi connectivity index (χ0v) is 13.2. The molecule has 0 spiro atoms. The van der Waals surface area contributed by atoms with E-state index in [0.29, 0.717) is 15.7 Å². The fraction of sp³-hybridized carbons (Fsp3) is 0.533. The van der Waals surface area contributed by atoms with Crippen LogP contribution in [0.1, 0.15) is 32.6 Å². The largest absolute Gasteiger partial charge is 0.325 e. The van der Waals surface area contributed by atoms with Crippen LogP contribution in [0.15, 0.2) is 18.2 Å². The van der Waals surface area contributed by atoms with Gasteiger partial charge in [0.05, 0.1) is 28.8 Å². The fourth-order valence-electron chi connectivity index (χ4n) is 2.65. The van der Waals surface area contributed by atoms with Crippen molar-refractivity contribution < 1.29 is 9.69 Å². The van der Waals surface area contributed by atoms with E-state index < -0.39 is 0 Å². The maximum atomic E-state index is 12.4. The molecule has 5 heteroatoms. The number of hydrogen-bond acceptors (Lipinski definition) is 1. The number of carbonyl (C=O) groups is 1. The minimum Gasteiger partial charge on any atom is -0.325 e. The van der Waals surface area contributed by atoms with Crippen molar-refractivity contribution in [1.29, 1.82) is 0 Å². The predicted octanol–water partition coefficient (Wildman–Crippen LogP) is 2.78. The number of halogens is 2. The van der Waals surface area contributed by atoms with E-state index in [1.165, 1.54) is 30.6 Å². The smallest absolute Gasteiger partial charge is 0.282 e. The number of nitrogens with one attached hydrogen (secondary N) is 2. The molecule has 1 aromatic rings. The summed E-state index contributed by atoms with van der Waals surface area (Å²) in [5.74, 6) is -0.0168. The van der Waals surface area contributed by atoms with Crippen molar-refractivity contribution in [1.82, 2.24) is 0 Å². The molecule has 0 aliphatic carbocycles. The zero-order valence-electron chi connectivity index (χ0n) is 11.7. The Labute approximate surface area is 130 Å². The van der Waals surface area contributed by atoms with Crippen LogP contribution in [-0.4, -0.2) is 25.0 Å². The van der Waals surface area contributed by atoms with E-state index in [-0.39, 0.29) is 11.9 Å². The number of para-hydroxylation sites is 1. The first kappa shape index (κ1) is 15.6. The first-order valence-electron chi connectivity index (χ1n) is 7.19. The third kappa shape index (κ3) is 3.87. The Morgan fingerprint density at radius 1 is 1.15 bits per heavy atom. The highest BCUT2D eigenvalue weighted by Crippen LogP contribution is 2.29. The molecule has 20 heavy (non-hydrogen) atoms. The average molecular weight is 316 g/mol. The van der Waals surface area contributed by atoms with Crippen LogP contribution in [0, 0.1) is 0 Å². The lowest BCUT2D eigenvalue weighted by Crippen LogP contribution is -3.16. The summed E-state index contributed by atoms with van der Waals surface area (Å²) in [6, 6.07) is 5.14. The lowest BCUT2D eigenvalue weighted by atomic mass is 10.2. The minimum absolute atomic E-state index is 0.0168. The Kier molecular flexibility index (Phi) is 5.70. The lowest BCUT2D eigenvalue weighted by Gasteiger charge is -2.24. The maximum absolute atomic E-state index is 12.4. The Morgan fingerprint density at radius 3 is 2.25 bits per heavy atom. The number of carbonyl (C=O) groups excluding carboxylic acids is 1. The highest BCUT2D eigenvalue weighted by molar-refractivity contribution is 6.39. The standard InChI is InChI=1S/C15H20Cl2N2O/c1-11(19-9-4-2-3-5-10-19)15(20)18-14-12(16)7-6-8-13(14)17/h6-8,11H,2-5,9-10H2,1H3,(H,18,20)/p+1/t11-/m0/s1. The molecule has 0 bridgehead atoms. The number of hydrogen-bond donors (Lipinski definition) is 2. The second-order valence-corrected chi connectivity index (χ2v) is 6.19. The normalized spacial score (nSPS) is 18.4. The first-order chi connectivity index (χ1) is 9.59. The van der Waals surface area contributed by atoms with E-state index in [4.69, 9.17) is 23.2 Å². The quantitative estimate of drug-likeness (QED) is 0.883. The van der Waals surface area contributed by atoms with Crippen LogP contribution in [0.4, 0.5) is 5.69 Å². The summed E-state index contributed by atoms with van der Waals surface area (Å²) >= 11 is 12.2. The lowest BCUT2D eigenvalue weighted by molar-refractivity contribution is -0.913. The molecule has 0 saturated carbocycles. The summed E-state index contributed by atoms with van der Waals surface area (Å²) in [4.78, 5) is 13.7. The van der Waals surface area contributed by atoms with Crippen molar-refractivity contribution in [2.24, 2.45) is 0 Å². The number of anilines is 1. The summed E-state index contributed by atoms with van der Waals surface area (Å²) in [5, 5.41) is 3.82. The van der Waals surface area contributed by atoms with Gasteiger partial charge in [0.1, 0.15) is 0 Å². The average Bonchev–Trinajstić information content (AvgIpc) is 2.71. The van der Waals surface area contributed by atoms with Crippen LogP contribution >= 0.6 is 23.2 Å². The topological polar surface area (TPSA) is 33.5 Å². The molecule has 3 nitrogen and oxygen atoms in total. The summed E-state index contributed by atoms with van der Waals surface area (Å²) in [6.45, 7) is 4.09. The third-order valence-corrected chi connectivity index (χ3v) is 4.59. The molecule has 0 aromatic heterocycles. The third-order valence-electron chi connectivity index (χ3n) is 3.96. The van der Waals surface area contributed by atoms with Gasteiger partial charge in [0.2, 0.25) is 0 Å². The second kappa shape index (κ2) is 7.30. The molecule has 1 heterocycles. The Balaban J connectivity index is 2.03. The summed E-state index contributed by atoms with van der Waals surface area (Å²) in [6.07, 6.45) is 4.93. The molecule has 1 amide bonds. The van der Waals surface area contributed by atoms with Crippen molar-refractivity contribution in [3.8, 4) is 0 Å². The van der Waals surface area contributed by atoms with Gasteiger partial charge in [0, 0.05) is 0 Å². The molecule has 1 aromatic carbocycles. The molecule has 0 radical (unpaired) electrons. The zero-order chi connectivity index (χ0) is 14.5. The summed E-state index contributed by atoms with van der Waals surface area (Å²) in [5.41, 5.74) is 0.516. The Morgan fingerprint density at radius 2 is 1.70 bits per heavy atom. The van der Waals surface area contributed by atoms with Gasteiger partial charge in [-0.2, -0.15) is 0 Å². The molecule has 2 N–H and O–H groups in total. The maximum Gasteiger partial charge on any atom is 0.282 e. The number of benzene rings is 1. The van der Waals surface area contributed by atoms with Gasteiger partial charge in [-0.1, -0.05) is 29.3 Å². The number of likely N-dealkylation sites (tertiary alicyclic amines) is 1. The fourth-order valence-corrected chi connectivity index (χ4v) is 3.14. The second-order valence-electron chi connectivity index (χ2n) is 5.38. The van der Waals surface area contributed by atoms with Crippen LogP contribution in [0.5, 0.6) is 0 Å². The molecule has 2 rings (SSSR count). The number of quaternary nitrogens is 1. The molecule has 1 aliphatic rings. The molecule has 1 saturated heterocycles. The molecule has 1 fully saturated rings. The van der Waals surface area contributed by atoms with Crippen molar-refractivity contribution in [3.05, 3.63) is 28.2 Å². The van der Waals surface area contributed by atoms with Crippen molar-refractivity contribution in [2.75, 3.05) is 18.4 Å². The predicted molar refractivity (Wildman–Crippen MR) is 83.7 cm³/mol. The van der Waals surface area contributed by atoms with E-state index in [2.05, 4.69) is 5.32 Å². The molecule has 1 atom stereocenters. The molecular weight excluding hydrogens is 295 g/mol. The molecular formula is C15H21Cl2N2O+. The van der Waals surface area contributed by atoms with Gasteiger partial charge in [-0.25, -0.2) is 0 Å². The monoisotopic (exact) mass is 315 g/mol. The van der Waals surface area contributed by atoms with Gasteiger partial charge in [-0.15, -0.1) is 0 Å². The van der Waals surface area contributed by atoms with Crippen molar-refractivity contribution in [3.63, 3.8) is 0 Å². The number of rotatable bonds is 3. The van der Waals surface area contributed by atoms with Crippen LogP contribution in [0.3, 0.4) is 0 Å². The minimum atomic E-state index is -0.0829. The van der Waals surface area contributed by atoms with Crippen molar-refractivity contribution in [2.45, 2.75) is 38.6 Å². The van der Waals surface area contributed by atoms with Crippen LogP contribution in [0.2, 0.25) is 10.0 Å². The molecule has 1 aliphatic heterocycles. The van der Waals surface area contributed by atoms with Gasteiger partial charge in [0.25, 0.3) is 5.91 Å².